The first-order valence-electron chi connectivity index (χ1n) is 8.15. The van der Waals surface area contributed by atoms with Crippen LogP contribution in [0.3, 0.4) is 0 Å². The Morgan fingerprint density at radius 2 is 2.04 bits per heavy atom. The number of amides is 1. The minimum absolute atomic E-state index is 0.0576. The molecule has 0 bridgehead atoms. The Kier molecular flexibility index (Phi) is 5.53. The number of carbonyl (C=O) groups is 1. The third kappa shape index (κ3) is 4.40. The third-order valence-corrected chi connectivity index (χ3v) is 4.56. The fourth-order valence-corrected chi connectivity index (χ4v) is 3.24. The predicted molar refractivity (Wildman–Crippen MR) is 104 cm³/mol. The number of thiazole rings is 1. The average Bonchev–Trinajstić information content (AvgIpc) is 3.09. The zero-order valence-electron chi connectivity index (χ0n) is 14.9. The molecule has 0 saturated heterocycles. The van der Waals surface area contributed by atoms with E-state index in [9.17, 15) is 4.79 Å². The van der Waals surface area contributed by atoms with Crippen LogP contribution in [0, 0.1) is 13.8 Å². The summed E-state index contributed by atoms with van der Waals surface area (Å²) in [5.41, 5.74) is 3.90. The Morgan fingerprint density at radius 1 is 1.19 bits per heavy atom. The highest BCUT2D eigenvalue weighted by Gasteiger charge is 2.10. The summed E-state index contributed by atoms with van der Waals surface area (Å²) in [5, 5.41) is 5.21. The van der Waals surface area contributed by atoms with Crippen molar-refractivity contribution in [3.63, 3.8) is 0 Å². The zero-order chi connectivity index (χ0) is 18.5. The lowest BCUT2D eigenvalue weighted by molar-refractivity contribution is -0.118. The van der Waals surface area contributed by atoms with Crippen LogP contribution in [0.1, 0.15) is 11.1 Å². The first-order chi connectivity index (χ1) is 12.5. The van der Waals surface area contributed by atoms with Crippen LogP contribution in [-0.2, 0) is 4.79 Å². The zero-order valence-corrected chi connectivity index (χ0v) is 15.7. The van der Waals surface area contributed by atoms with Crippen molar-refractivity contribution in [2.75, 3.05) is 19.0 Å². The van der Waals surface area contributed by atoms with E-state index >= 15 is 0 Å². The van der Waals surface area contributed by atoms with Gasteiger partial charge in [0.25, 0.3) is 5.91 Å². The van der Waals surface area contributed by atoms with Crippen molar-refractivity contribution in [1.82, 2.24) is 4.98 Å². The molecule has 5 nitrogen and oxygen atoms in total. The lowest BCUT2D eigenvalue weighted by atomic mass is 10.1. The summed E-state index contributed by atoms with van der Waals surface area (Å²) < 4.78 is 10.8. The molecule has 0 radical (unpaired) electrons. The quantitative estimate of drug-likeness (QED) is 0.698. The molecule has 6 heteroatoms. The van der Waals surface area contributed by atoms with E-state index in [0.717, 1.165) is 28.1 Å². The van der Waals surface area contributed by atoms with E-state index in [1.807, 2.05) is 61.7 Å². The van der Waals surface area contributed by atoms with Gasteiger partial charge in [0.1, 0.15) is 11.5 Å². The summed E-state index contributed by atoms with van der Waals surface area (Å²) in [4.78, 5) is 16.6. The van der Waals surface area contributed by atoms with E-state index in [4.69, 9.17) is 9.47 Å². The Hall–Kier alpha value is -2.86. The van der Waals surface area contributed by atoms with Crippen LogP contribution in [0.15, 0.2) is 47.8 Å². The molecule has 0 atom stereocenters. The number of ether oxygens (including phenoxy) is 2. The SMILES string of the molecule is COc1cccc(-c2csc(NC(=O)COc3ccc(C)cc3C)n2)c1. The van der Waals surface area contributed by atoms with Gasteiger partial charge in [0.05, 0.1) is 12.8 Å². The number of hydrogen-bond donors (Lipinski definition) is 1. The van der Waals surface area contributed by atoms with E-state index in [1.165, 1.54) is 11.3 Å². The molecule has 3 aromatic rings. The number of rotatable bonds is 6. The number of carbonyl (C=O) groups excluding carboxylic acids is 1. The van der Waals surface area contributed by atoms with Crippen molar-refractivity contribution in [1.29, 1.82) is 0 Å². The van der Waals surface area contributed by atoms with E-state index in [1.54, 1.807) is 7.11 Å². The molecule has 1 amide bonds. The lowest BCUT2D eigenvalue weighted by Crippen LogP contribution is -2.20. The van der Waals surface area contributed by atoms with E-state index in [-0.39, 0.29) is 12.5 Å². The van der Waals surface area contributed by atoms with Gasteiger partial charge in [0, 0.05) is 10.9 Å². The normalized spacial score (nSPS) is 10.4. The van der Waals surface area contributed by atoms with Crippen LogP contribution >= 0.6 is 11.3 Å². The molecular weight excluding hydrogens is 348 g/mol. The molecule has 3 rings (SSSR count). The highest BCUT2D eigenvalue weighted by Crippen LogP contribution is 2.27. The Labute approximate surface area is 156 Å². The number of anilines is 1. The van der Waals surface area contributed by atoms with Crippen LogP contribution in [0.25, 0.3) is 11.3 Å². The van der Waals surface area contributed by atoms with Crippen LogP contribution in [-0.4, -0.2) is 24.6 Å². The maximum Gasteiger partial charge on any atom is 0.264 e. The summed E-state index contributed by atoms with van der Waals surface area (Å²) in [6.45, 7) is 3.92. The number of nitrogens with zero attached hydrogens (tertiary/aromatic N) is 1. The maximum absolute atomic E-state index is 12.1. The van der Waals surface area contributed by atoms with Crippen molar-refractivity contribution >= 4 is 22.4 Å². The van der Waals surface area contributed by atoms with Gasteiger partial charge in [-0.3, -0.25) is 10.1 Å². The van der Waals surface area contributed by atoms with Crippen molar-refractivity contribution in [3.05, 3.63) is 59.0 Å². The molecule has 0 spiro atoms. The monoisotopic (exact) mass is 368 g/mol. The van der Waals surface area contributed by atoms with Gasteiger partial charge in [-0.05, 0) is 37.6 Å². The first kappa shape index (κ1) is 17.9. The fraction of sp³-hybridized carbons (Fsp3) is 0.200. The molecule has 0 fully saturated rings. The molecule has 0 unspecified atom stereocenters. The molecule has 0 aliphatic heterocycles. The van der Waals surface area contributed by atoms with Crippen molar-refractivity contribution < 1.29 is 14.3 Å². The number of nitrogens with one attached hydrogen (secondary N) is 1. The molecule has 0 aliphatic carbocycles. The molecule has 2 aromatic carbocycles. The molecule has 1 aromatic heterocycles. The molecule has 0 saturated carbocycles. The second-order valence-electron chi connectivity index (χ2n) is 5.88. The molecule has 1 heterocycles. The van der Waals surface area contributed by atoms with Crippen molar-refractivity contribution in [3.8, 4) is 22.8 Å². The summed E-state index contributed by atoms with van der Waals surface area (Å²) in [6.07, 6.45) is 0. The largest absolute Gasteiger partial charge is 0.497 e. The second kappa shape index (κ2) is 8.01. The van der Waals surface area contributed by atoms with Crippen LogP contribution in [0.5, 0.6) is 11.5 Å². The summed E-state index contributed by atoms with van der Waals surface area (Å²) in [6, 6.07) is 13.5. The van der Waals surface area contributed by atoms with Gasteiger partial charge in [-0.25, -0.2) is 4.98 Å². The maximum atomic E-state index is 12.1. The van der Waals surface area contributed by atoms with Gasteiger partial charge < -0.3 is 9.47 Å². The van der Waals surface area contributed by atoms with Gasteiger partial charge in [-0.15, -0.1) is 11.3 Å². The number of aryl methyl sites for hydroxylation is 2. The third-order valence-electron chi connectivity index (χ3n) is 3.81. The van der Waals surface area contributed by atoms with Crippen molar-refractivity contribution in [2.24, 2.45) is 0 Å². The highest BCUT2D eigenvalue weighted by atomic mass is 32.1. The van der Waals surface area contributed by atoms with Gasteiger partial charge in [-0.2, -0.15) is 0 Å². The van der Waals surface area contributed by atoms with Gasteiger partial charge in [0.2, 0.25) is 0 Å². The number of hydrogen-bond acceptors (Lipinski definition) is 5. The molecule has 1 N–H and O–H groups in total. The molecule has 26 heavy (non-hydrogen) atoms. The van der Waals surface area contributed by atoms with Crippen LogP contribution in [0.4, 0.5) is 5.13 Å². The Morgan fingerprint density at radius 3 is 2.81 bits per heavy atom. The Bertz CT molecular complexity index is 921. The first-order valence-corrected chi connectivity index (χ1v) is 9.03. The number of benzene rings is 2. The average molecular weight is 368 g/mol. The topological polar surface area (TPSA) is 60.5 Å². The summed E-state index contributed by atoms with van der Waals surface area (Å²) >= 11 is 1.37. The Balaban J connectivity index is 1.60. The van der Waals surface area contributed by atoms with E-state index in [2.05, 4.69) is 10.3 Å². The van der Waals surface area contributed by atoms with Gasteiger partial charge in [0.15, 0.2) is 11.7 Å². The van der Waals surface area contributed by atoms with Crippen molar-refractivity contribution in [2.45, 2.75) is 13.8 Å². The minimum Gasteiger partial charge on any atom is -0.497 e. The molecule has 134 valence electrons. The van der Waals surface area contributed by atoms with Gasteiger partial charge >= 0.3 is 0 Å². The molecular formula is C20H20N2O3S. The number of methoxy groups -OCH3 is 1. The fourth-order valence-electron chi connectivity index (χ4n) is 2.51. The van der Waals surface area contributed by atoms with Gasteiger partial charge in [-0.1, -0.05) is 29.8 Å². The highest BCUT2D eigenvalue weighted by molar-refractivity contribution is 7.14. The van der Waals surface area contributed by atoms with Crippen LogP contribution < -0.4 is 14.8 Å². The lowest BCUT2D eigenvalue weighted by Gasteiger charge is -2.09. The summed E-state index contributed by atoms with van der Waals surface area (Å²) in [5.74, 6) is 1.24. The van der Waals surface area contributed by atoms with E-state index < -0.39 is 0 Å². The number of aromatic nitrogens is 1. The minimum atomic E-state index is -0.239. The molecule has 0 aliphatic rings. The summed E-state index contributed by atoms with van der Waals surface area (Å²) in [7, 11) is 1.63. The predicted octanol–water partition coefficient (Wildman–Crippen LogP) is 4.45. The second-order valence-corrected chi connectivity index (χ2v) is 6.73. The van der Waals surface area contributed by atoms with E-state index in [0.29, 0.717) is 10.9 Å². The standard InChI is InChI=1S/C20H20N2O3S/c1-13-7-8-18(14(2)9-13)25-11-19(23)22-20-21-17(12-26-20)15-5-4-6-16(10-15)24-3/h4-10,12H,11H2,1-3H3,(H,21,22,23). The smallest absolute Gasteiger partial charge is 0.264 e. The van der Waals surface area contributed by atoms with Crippen LogP contribution in [0.2, 0.25) is 0 Å².